The molecule has 8 nitrogen and oxygen atoms in total. The Bertz CT molecular complexity index is 355. The Morgan fingerprint density at radius 3 is 2.60 bits per heavy atom. The number of nitrogens with zero attached hydrogens (tertiary/aromatic N) is 1. The van der Waals surface area contributed by atoms with Gasteiger partial charge in [0.05, 0.1) is 0 Å². The van der Waals surface area contributed by atoms with Gasteiger partial charge in [-0.2, -0.15) is 0 Å². The molecule has 0 aromatic rings. The van der Waals surface area contributed by atoms with Gasteiger partial charge in [-0.25, -0.2) is 0 Å². The first kappa shape index (κ1) is 15.6. The van der Waals surface area contributed by atoms with Crippen LogP contribution in [0.25, 0.3) is 0 Å². The van der Waals surface area contributed by atoms with E-state index in [9.17, 15) is 25.2 Å². The van der Waals surface area contributed by atoms with Gasteiger partial charge in [0.1, 0.15) is 18.3 Å². The summed E-state index contributed by atoms with van der Waals surface area (Å²) in [5.41, 5.74) is 0. The molecule has 2 aliphatic heterocycles. The van der Waals surface area contributed by atoms with E-state index in [4.69, 9.17) is 4.74 Å². The molecule has 0 saturated carbocycles. The summed E-state index contributed by atoms with van der Waals surface area (Å²) in [7, 11) is 0. The van der Waals surface area contributed by atoms with Crippen LogP contribution in [0.3, 0.4) is 0 Å². The summed E-state index contributed by atoms with van der Waals surface area (Å²) in [6, 6.07) is -0.0202. The molecule has 6 atom stereocenters. The summed E-state index contributed by atoms with van der Waals surface area (Å²) in [5.74, 6) is -0.476. The van der Waals surface area contributed by atoms with E-state index in [1.165, 1.54) is 0 Å². The number of carbonyl (C=O) groups is 1. The Morgan fingerprint density at radius 2 is 1.95 bits per heavy atom. The summed E-state index contributed by atoms with van der Waals surface area (Å²) < 4.78 is 4.97. The third-order valence-electron chi connectivity index (χ3n) is 3.94. The smallest absolute Gasteiger partial charge is 0.254 e. The number of hydrogen-bond acceptors (Lipinski definition) is 7. The molecule has 0 aromatic heterocycles. The molecule has 116 valence electrons. The van der Waals surface area contributed by atoms with Crippen molar-refractivity contribution in [3.05, 3.63) is 0 Å². The molecule has 8 heteroatoms. The van der Waals surface area contributed by atoms with Crippen LogP contribution in [0.1, 0.15) is 13.3 Å². The molecule has 0 aromatic carbocycles. The van der Waals surface area contributed by atoms with Gasteiger partial charge < -0.3 is 35.4 Å². The molecule has 0 bridgehead atoms. The van der Waals surface area contributed by atoms with Crippen LogP contribution in [0.15, 0.2) is 0 Å². The summed E-state index contributed by atoms with van der Waals surface area (Å²) in [6.07, 6.45) is -7.11. The van der Waals surface area contributed by atoms with Crippen molar-refractivity contribution in [2.45, 2.75) is 50.1 Å². The molecule has 5 N–H and O–H groups in total. The number of aliphatic hydroxyl groups is 4. The van der Waals surface area contributed by atoms with E-state index < -0.39 is 36.6 Å². The molecule has 0 radical (unpaired) electrons. The van der Waals surface area contributed by atoms with Crippen LogP contribution in [-0.2, 0) is 9.53 Å². The molecule has 2 rings (SSSR count). The molecular formula is C12H22N2O6. The van der Waals surface area contributed by atoms with Gasteiger partial charge in [-0.15, -0.1) is 0 Å². The quantitative estimate of drug-likeness (QED) is 0.367. The van der Waals surface area contributed by atoms with Crippen LogP contribution in [0.4, 0.5) is 0 Å². The first-order chi connectivity index (χ1) is 9.47. The minimum Gasteiger partial charge on any atom is -0.387 e. The van der Waals surface area contributed by atoms with Gasteiger partial charge >= 0.3 is 0 Å². The zero-order valence-corrected chi connectivity index (χ0v) is 11.3. The number of amides is 1. The molecule has 2 saturated heterocycles. The highest BCUT2D eigenvalue weighted by molar-refractivity contribution is 5.82. The van der Waals surface area contributed by atoms with E-state index in [1.807, 2.05) is 6.92 Å². The maximum absolute atomic E-state index is 12.4. The molecule has 2 aliphatic rings. The van der Waals surface area contributed by atoms with Crippen LogP contribution >= 0.6 is 0 Å². The zero-order valence-electron chi connectivity index (χ0n) is 11.3. The monoisotopic (exact) mass is 290 g/mol. The third kappa shape index (κ3) is 2.80. The second-order valence-electron chi connectivity index (χ2n) is 5.22. The van der Waals surface area contributed by atoms with Gasteiger partial charge in [-0.1, -0.05) is 6.92 Å². The third-order valence-corrected chi connectivity index (χ3v) is 3.94. The van der Waals surface area contributed by atoms with E-state index in [-0.39, 0.29) is 6.04 Å². The number of nitrogens with one attached hydrogen (secondary N) is 1. The predicted molar refractivity (Wildman–Crippen MR) is 67.6 cm³/mol. The minimum absolute atomic E-state index is 0.0202. The Balaban J connectivity index is 2.11. The van der Waals surface area contributed by atoms with Crippen molar-refractivity contribution < 1.29 is 30.0 Å². The van der Waals surface area contributed by atoms with E-state index in [1.54, 1.807) is 4.90 Å². The van der Waals surface area contributed by atoms with Crippen LogP contribution in [0.2, 0.25) is 0 Å². The van der Waals surface area contributed by atoms with Crippen molar-refractivity contribution in [3.8, 4) is 0 Å². The number of ether oxygens (including phenoxy) is 1. The standard InChI is InChI=1S/C12H22N2O6/c1-2-6-5-13-3-4-14(6)11(18)10-8(16)7(15)9(17)12(19)20-10/h6-10,12-13,15-17,19H,2-5H2,1H3/t6?,7-,8-,9+,10-,12?/m0/s1. The normalized spacial score (nSPS) is 42.5. The highest BCUT2D eigenvalue weighted by Crippen LogP contribution is 2.22. The fraction of sp³-hybridized carbons (Fsp3) is 0.917. The SMILES string of the molecule is CCC1CNCCN1C(=O)[C@H]1OC(O)[C@H](O)[C@@H](O)[C@@H]1O. The average molecular weight is 290 g/mol. The van der Waals surface area contributed by atoms with E-state index >= 15 is 0 Å². The lowest BCUT2D eigenvalue weighted by Crippen LogP contribution is -2.64. The fourth-order valence-corrected chi connectivity index (χ4v) is 2.64. The summed E-state index contributed by atoms with van der Waals surface area (Å²) in [5, 5.41) is 41.6. The predicted octanol–water partition coefficient (Wildman–Crippen LogP) is -3.00. The summed E-state index contributed by atoms with van der Waals surface area (Å²) in [4.78, 5) is 14.0. The lowest BCUT2D eigenvalue weighted by atomic mass is 9.97. The highest BCUT2D eigenvalue weighted by atomic mass is 16.6. The topological polar surface area (TPSA) is 122 Å². The first-order valence-corrected chi connectivity index (χ1v) is 6.86. The first-order valence-electron chi connectivity index (χ1n) is 6.86. The highest BCUT2D eigenvalue weighted by Gasteiger charge is 2.48. The molecule has 1 amide bonds. The lowest BCUT2D eigenvalue weighted by Gasteiger charge is -2.42. The van der Waals surface area contributed by atoms with Gasteiger partial charge in [0.2, 0.25) is 0 Å². The van der Waals surface area contributed by atoms with Crippen molar-refractivity contribution in [3.63, 3.8) is 0 Å². The number of rotatable bonds is 2. The van der Waals surface area contributed by atoms with Crippen molar-refractivity contribution in [2.24, 2.45) is 0 Å². The van der Waals surface area contributed by atoms with Crippen LogP contribution in [-0.4, -0.2) is 87.6 Å². The molecule has 0 aliphatic carbocycles. The number of piperazine rings is 1. The summed E-state index contributed by atoms with van der Waals surface area (Å²) in [6.45, 7) is 3.71. The van der Waals surface area contributed by atoms with Crippen LogP contribution in [0, 0.1) is 0 Å². The maximum Gasteiger partial charge on any atom is 0.254 e. The van der Waals surface area contributed by atoms with E-state index in [0.717, 1.165) is 6.42 Å². The van der Waals surface area contributed by atoms with E-state index in [2.05, 4.69) is 5.32 Å². The zero-order chi connectivity index (χ0) is 14.9. The Morgan fingerprint density at radius 1 is 1.25 bits per heavy atom. The molecule has 2 fully saturated rings. The van der Waals surface area contributed by atoms with Gasteiger partial charge in [-0.05, 0) is 6.42 Å². The molecule has 2 heterocycles. The van der Waals surface area contributed by atoms with Crippen molar-refractivity contribution in [2.75, 3.05) is 19.6 Å². The van der Waals surface area contributed by atoms with Crippen molar-refractivity contribution in [1.29, 1.82) is 0 Å². The van der Waals surface area contributed by atoms with E-state index in [0.29, 0.717) is 19.6 Å². The lowest BCUT2D eigenvalue weighted by molar-refractivity contribution is -0.278. The largest absolute Gasteiger partial charge is 0.387 e. The Kier molecular flexibility index (Phi) is 4.95. The molecular weight excluding hydrogens is 268 g/mol. The Hall–Kier alpha value is -0.770. The summed E-state index contributed by atoms with van der Waals surface area (Å²) >= 11 is 0. The number of carbonyl (C=O) groups excluding carboxylic acids is 1. The molecule has 20 heavy (non-hydrogen) atoms. The molecule has 2 unspecified atom stereocenters. The average Bonchev–Trinajstić information content (AvgIpc) is 2.48. The van der Waals surface area contributed by atoms with Crippen LogP contribution in [0.5, 0.6) is 0 Å². The van der Waals surface area contributed by atoms with Gasteiger partial charge in [-0.3, -0.25) is 4.79 Å². The second kappa shape index (κ2) is 6.33. The van der Waals surface area contributed by atoms with Crippen molar-refractivity contribution in [1.82, 2.24) is 10.2 Å². The molecule has 0 spiro atoms. The van der Waals surface area contributed by atoms with Gasteiger partial charge in [0.25, 0.3) is 5.91 Å². The Labute approximate surface area is 117 Å². The van der Waals surface area contributed by atoms with Crippen molar-refractivity contribution >= 4 is 5.91 Å². The fourth-order valence-electron chi connectivity index (χ4n) is 2.64. The van der Waals surface area contributed by atoms with Crippen LogP contribution < -0.4 is 5.32 Å². The number of hydrogen-bond donors (Lipinski definition) is 5. The van der Waals surface area contributed by atoms with Gasteiger partial charge in [0.15, 0.2) is 12.4 Å². The number of aliphatic hydroxyl groups excluding tert-OH is 4. The minimum atomic E-state index is -1.69. The second-order valence-corrected chi connectivity index (χ2v) is 5.22. The van der Waals surface area contributed by atoms with Gasteiger partial charge in [0, 0.05) is 25.7 Å². The maximum atomic E-state index is 12.4.